The van der Waals surface area contributed by atoms with Gasteiger partial charge in [-0.05, 0) is 55.3 Å². The number of rotatable bonds is 14. The number of unbranched alkanes of at least 4 members (excludes halogenated alkanes) is 1. The standard InChI is InChI=1S/C25H29FN6O5/c1-36-13-14-37-20-11-9-17(10-12-20)30-25-27-16-21(26)24(31-25)29-19-6-4-5-18(15-19)28-22(33)7-2-3-8-23(34)32-35/h4-6,9-12,15-16,35H,2-3,7-8,13-14H2,1H3,(H,28,33)(H,32,34)(H2,27,29,30,31). The topological polar surface area (TPSA) is 147 Å². The van der Waals surface area contributed by atoms with E-state index in [0.29, 0.717) is 48.9 Å². The number of methoxy groups -OCH3 is 1. The van der Waals surface area contributed by atoms with Crippen molar-refractivity contribution >= 4 is 40.6 Å². The van der Waals surface area contributed by atoms with Gasteiger partial charge in [-0.2, -0.15) is 4.98 Å². The molecule has 37 heavy (non-hydrogen) atoms. The highest BCUT2D eigenvalue weighted by atomic mass is 19.1. The van der Waals surface area contributed by atoms with E-state index in [0.717, 1.165) is 6.20 Å². The Labute approximate surface area is 213 Å². The highest BCUT2D eigenvalue weighted by Gasteiger charge is 2.10. The van der Waals surface area contributed by atoms with Gasteiger partial charge in [-0.1, -0.05) is 6.07 Å². The fourth-order valence-corrected chi connectivity index (χ4v) is 3.18. The zero-order chi connectivity index (χ0) is 26.5. The number of anilines is 5. The molecule has 0 atom stereocenters. The molecule has 0 spiro atoms. The number of aromatic nitrogens is 2. The number of nitrogens with one attached hydrogen (secondary N) is 4. The summed E-state index contributed by atoms with van der Waals surface area (Å²) in [5.74, 6) is -0.522. The van der Waals surface area contributed by atoms with Gasteiger partial charge in [0, 0.05) is 37.0 Å². The largest absolute Gasteiger partial charge is 0.491 e. The molecule has 1 heterocycles. The zero-order valence-electron chi connectivity index (χ0n) is 20.3. The number of carbonyl (C=O) groups excluding carboxylic acids is 2. The molecule has 0 saturated carbocycles. The second-order valence-electron chi connectivity index (χ2n) is 7.88. The Kier molecular flexibility index (Phi) is 10.6. The number of hydrogen-bond acceptors (Lipinski definition) is 9. The Balaban J connectivity index is 1.56. The molecule has 0 bridgehead atoms. The van der Waals surface area contributed by atoms with Crippen LogP contribution in [0.2, 0.25) is 0 Å². The van der Waals surface area contributed by atoms with E-state index in [4.69, 9.17) is 14.7 Å². The fourth-order valence-electron chi connectivity index (χ4n) is 3.18. The number of halogens is 1. The molecule has 5 N–H and O–H groups in total. The molecular weight excluding hydrogens is 483 g/mol. The van der Waals surface area contributed by atoms with Crippen molar-refractivity contribution < 1.29 is 28.7 Å². The smallest absolute Gasteiger partial charge is 0.243 e. The van der Waals surface area contributed by atoms with Crippen LogP contribution in [0.4, 0.5) is 33.2 Å². The van der Waals surface area contributed by atoms with E-state index in [-0.39, 0.29) is 30.5 Å². The quantitative estimate of drug-likeness (QED) is 0.122. The van der Waals surface area contributed by atoms with Gasteiger partial charge < -0.3 is 25.4 Å². The third kappa shape index (κ3) is 9.35. The van der Waals surface area contributed by atoms with Gasteiger partial charge >= 0.3 is 0 Å². The molecule has 0 fully saturated rings. The first kappa shape index (κ1) is 27.3. The SMILES string of the molecule is COCCOc1ccc(Nc2ncc(F)c(Nc3cccc(NC(=O)CCCCC(=O)NO)c3)n2)cc1. The molecular formula is C25H29FN6O5. The lowest BCUT2D eigenvalue weighted by atomic mass is 10.2. The number of benzene rings is 2. The average molecular weight is 513 g/mol. The Morgan fingerprint density at radius 1 is 0.946 bits per heavy atom. The van der Waals surface area contributed by atoms with Gasteiger partial charge in [0.15, 0.2) is 11.6 Å². The average Bonchev–Trinajstić information content (AvgIpc) is 2.90. The van der Waals surface area contributed by atoms with Crippen LogP contribution >= 0.6 is 0 Å². The van der Waals surface area contributed by atoms with Crippen molar-refractivity contribution in [2.24, 2.45) is 0 Å². The van der Waals surface area contributed by atoms with E-state index in [2.05, 4.69) is 25.9 Å². The Morgan fingerprint density at radius 2 is 1.68 bits per heavy atom. The van der Waals surface area contributed by atoms with Gasteiger partial charge in [-0.3, -0.25) is 14.8 Å². The van der Waals surface area contributed by atoms with Crippen molar-refractivity contribution in [3.05, 3.63) is 60.5 Å². The Morgan fingerprint density at radius 3 is 2.41 bits per heavy atom. The minimum absolute atomic E-state index is 0.0392. The highest BCUT2D eigenvalue weighted by molar-refractivity contribution is 5.91. The number of hydrogen-bond donors (Lipinski definition) is 5. The molecule has 0 saturated heterocycles. The molecule has 11 nitrogen and oxygen atoms in total. The molecule has 0 aliphatic carbocycles. The van der Waals surface area contributed by atoms with Crippen LogP contribution in [0.3, 0.4) is 0 Å². The molecule has 0 aliphatic rings. The maximum absolute atomic E-state index is 14.4. The van der Waals surface area contributed by atoms with Crippen LogP contribution < -0.4 is 26.2 Å². The summed E-state index contributed by atoms with van der Waals surface area (Å²) >= 11 is 0. The lowest BCUT2D eigenvalue weighted by Crippen LogP contribution is -2.18. The van der Waals surface area contributed by atoms with Crippen molar-refractivity contribution in [2.45, 2.75) is 25.7 Å². The summed E-state index contributed by atoms with van der Waals surface area (Å²) in [5, 5.41) is 17.2. The normalized spacial score (nSPS) is 10.5. The predicted molar refractivity (Wildman–Crippen MR) is 136 cm³/mol. The number of carbonyl (C=O) groups is 2. The zero-order valence-corrected chi connectivity index (χ0v) is 20.3. The molecule has 2 amide bonds. The van der Waals surface area contributed by atoms with Gasteiger partial charge in [0.05, 0.1) is 12.8 Å². The van der Waals surface area contributed by atoms with Crippen LogP contribution in [0, 0.1) is 5.82 Å². The van der Waals surface area contributed by atoms with Crippen LogP contribution in [0.1, 0.15) is 25.7 Å². The third-order valence-corrected chi connectivity index (χ3v) is 5.00. The monoisotopic (exact) mass is 512 g/mol. The Hall–Kier alpha value is -4.29. The van der Waals surface area contributed by atoms with E-state index in [9.17, 15) is 14.0 Å². The van der Waals surface area contributed by atoms with E-state index in [1.54, 1.807) is 61.1 Å². The van der Waals surface area contributed by atoms with Crippen LogP contribution in [0.15, 0.2) is 54.7 Å². The second kappa shape index (κ2) is 14.3. The van der Waals surface area contributed by atoms with Crippen molar-refractivity contribution in [1.82, 2.24) is 15.4 Å². The predicted octanol–water partition coefficient (Wildman–Crippen LogP) is 4.13. The molecule has 0 radical (unpaired) electrons. The third-order valence-electron chi connectivity index (χ3n) is 5.00. The maximum atomic E-state index is 14.4. The summed E-state index contributed by atoms with van der Waals surface area (Å²) in [6.45, 7) is 0.928. The summed E-state index contributed by atoms with van der Waals surface area (Å²) in [7, 11) is 1.60. The molecule has 1 aromatic heterocycles. The first-order chi connectivity index (χ1) is 18.0. The maximum Gasteiger partial charge on any atom is 0.243 e. The molecule has 196 valence electrons. The minimum atomic E-state index is -0.645. The number of ether oxygens (including phenoxy) is 2. The summed E-state index contributed by atoms with van der Waals surface area (Å²) in [6.07, 6.45) is 2.37. The van der Waals surface area contributed by atoms with Crippen molar-refractivity contribution in [2.75, 3.05) is 36.3 Å². The second-order valence-corrected chi connectivity index (χ2v) is 7.88. The van der Waals surface area contributed by atoms with Crippen LogP contribution in [0.5, 0.6) is 5.75 Å². The van der Waals surface area contributed by atoms with Crippen LogP contribution in [-0.2, 0) is 14.3 Å². The van der Waals surface area contributed by atoms with Crippen molar-refractivity contribution in [3.63, 3.8) is 0 Å². The number of hydroxylamine groups is 1. The van der Waals surface area contributed by atoms with E-state index in [1.165, 1.54) is 0 Å². The van der Waals surface area contributed by atoms with E-state index < -0.39 is 11.7 Å². The molecule has 0 aliphatic heterocycles. The lowest BCUT2D eigenvalue weighted by Gasteiger charge is -2.11. The first-order valence-corrected chi connectivity index (χ1v) is 11.6. The van der Waals surface area contributed by atoms with E-state index >= 15 is 0 Å². The van der Waals surface area contributed by atoms with Gasteiger partial charge in [0.2, 0.25) is 17.8 Å². The van der Waals surface area contributed by atoms with Crippen molar-refractivity contribution in [3.8, 4) is 5.75 Å². The van der Waals surface area contributed by atoms with Gasteiger partial charge in [-0.15, -0.1) is 0 Å². The molecule has 0 unspecified atom stereocenters. The molecule has 3 aromatic rings. The number of amides is 2. The summed E-state index contributed by atoms with van der Waals surface area (Å²) < 4.78 is 24.9. The molecule has 3 rings (SSSR count). The summed E-state index contributed by atoms with van der Waals surface area (Å²) in [6, 6.07) is 13.9. The fraction of sp³-hybridized carbons (Fsp3) is 0.280. The first-order valence-electron chi connectivity index (χ1n) is 11.6. The van der Waals surface area contributed by atoms with Gasteiger partial charge in [0.1, 0.15) is 12.4 Å². The lowest BCUT2D eigenvalue weighted by molar-refractivity contribution is -0.129. The summed E-state index contributed by atoms with van der Waals surface area (Å²) in [4.78, 5) is 31.4. The molecule has 2 aromatic carbocycles. The summed E-state index contributed by atoms with van der Waals surface area (Å²) in [5.41, 5.74) is 3.28. The molecule has 12 heteroatoms. The number of nitrogens with zero attached hydrogens (tertiary/aromatic N) is 2. The van der Waals surface area contributed by atoms with Crippen LogP contribution in [0.25, 0.3) is 0 Å². The van der Waals surface area contributed by atoms with Gasteiger partial charge in [0.25, 0.3) is 0 Å². The Bertz CT molecular complexity index is 1180. The highest BCUT2D eigenvalue weighted by Crippen LogP contribution is 2.23. The van der Waals surface area contributed by atoms with Gasteiger partial charge in [-0.25, -0.2) is 14.9 Å². The van der Waals surface area contributed by atoms with Crippen molar-refractivity contribution in [1.29, 1.82) is 0 Å². The van der Waals surface area contributed by atoms with Crippen LogP contribution in [-0.4, -0.2) is 47.3 Å². The minimum Gasteiger partial charge on any atom is -0.491 e. The van der Waals surface area contributed by atoms with E-state index in [1.807, 2.05) is 0 Å².